The van der Waals surface area contributed by atoms with E-state index in [-0.39, 0.29) is 22.4 Å². The minimum absolute atomic E-state index is 0.134. The molecule has 0 aliphatic carbocycles. The molecular formula is C20H24N4O4S. The Bertz CT molecular complexity index is 973. The van der Waals surface area contributed by atoms with E-state index >= 15 is 0 Å². The second-order valence-corrected chi connectivity index (χ2v) is 9.02. The van der Waals surface area contributed by atoms with Crippen LogP contribution in [0.3, 0.4) is 0 Å². The maximum atomic E-state index is 12.9. The highest BCUT2D eigenvalue weighted by molar-refractivity contribution is 7.84. The maximum Gasteiger partial charge on any atom is 0.274 e. The zero-order valence-corrected chi connectivity index (χ0v) is 17.5. The van der Waals surface area contributed by atoms with Gasteiger partial charge in [-0.1, -0.05) is 0 Å². The van der Waals surface area contributed by atoms with Crippen LogP contribution in [0.15, 0.2) is 29.6 Å². The van der Waals surface area contributed by atoms with E-state index in [1.807, 2.05) is 26.0 Å². The van der Waals surface area contributed by atoms with E-state index < -0.39 is 10.8 Å². The summed E-state index contributed by atoms with van der Waals surface area (Å²) in [6.07, 6.45) is 3.69. The Morgan fingerprint density at radius 1 is 1.28 bits per heavy atom. The summed E-state index contributed by atoms with van der Waals surface area (Å²) in [5.74, 6) is 0.479. The lowest BCUT2D eigenvalue weighted by Gasteiger charge is -2.31. The number of hydrogen-bond acceptors (Lipinski definition) is 7. The Morgan fingerprint density at radius 2 is 2.03 bits per heavy atom. The van der Waals surface area contributed by atoms with Crippen molar-refractivity contribution in [1.82, 2.24) is 9.97 Å². The largest absolute Gasteiger partial charge is 0.487 e. The first-order valence-corrected chi connectivity index (χ1v) is 11.0. The number of carbonyl (C=O) groups excluding carboxylic acids is 1. The molecule has 1 N–H and O–H groups in total. The molecule has 2 aromatic rings. The Kier molecular flexibility index (Phi) is 5.26. The molecule has 1 unspecified atom stereocenters. The van der Waals surface area contributed by atoms with Gasteiger partial charge >= 0.3 is 0 Å². The molecule has 8 nitrogen and oxygen atoms in total. The fourth-order valence-electron chi connectivity index (χ4n) is 3.60. The van der Waals surface area contributed by atoms with Crippen molar-refractivity contribution in [1.29, 1.82) is 0 Å². The van der Waals surface area contributed by atoms with Gasteiger partial charge in [0, 0.05) is 43.6 Å². The molecule has 154 valence electrons. The van der Waals surface area contributed by atoms with E-state index in [4.69, 9.17) is 9.47 Å². The van der Waals surface area contributed by atoms with Crippen LogP contribution in [0.2, 0.25) is 0 Å². The van der Waals surface area contributed by atoms with Gasteiger partial charge in [-0.05, 0) is 26.0 Å². The van der Waals surface area contributed by atoms with Crippen LogP contribution in [-0.4, -0.2) is 58.2 Å². The number of morpholine rings is 1. The summed E-state index contributed by atoms with van der Waals surface area (Å²) < 4.78 is 23.2. The number of benzene rings is 1. The smallest absolute Gasteiger partial charge is 0.274 e. The minimum atomic E-state index is -1.36. The molecule has 1 aromatic carbocycles. The molecule has 0 radical (unpaired) electrons. The van der Waals surface area contributed by atoms with Gasteiger partial charge in [0.2, 0.25) is 5.16 Å². The lowest BCUT2D eigenvalue weighted by molar-refractivity contribution is 0.102. The third-order valence-corrected chi connectivity index (χ3v) is 5.62. The fraction of sp³-hybridized carbons (Fsp3) is 0.450. The summed E-state index contributed by atoms with van der Waals surface area (Å²) in [7, 11) is -1.36. The first-order valence-electron chi connectivity index (χ1n) is 9.49. The molecule has 9 heteroatoms. The van der Waals surface area contributed by atoms with Crippen LogP contribution in [-0.2, 0) is 22.0 Å². The number of rotatable bonds is 4. The van der Waals surface area contributed by atoms with Crippen molar-refractivity contribution < 1.29 is 18.5 Å². The maximum absolute atomic E-state index is 12.9. The van der Waals surface area contributed by atoms with Gasteiger partial charge in [0.15, 0.2) is 0 Å². The SMILES string of the molecule is CS(=O)c1nccc(C(=O)Nc2cc3c(cc2N2CCOCC2)OC(C)(C)C3)n1. The first kappa shape index (κ1) is 19.8. The van der Waals surface area contributed by atoms with E-state index in [2.05, 4.69) is 20.2 Å². The molecule has 1 aromatic heterocycles. The molecule has 1 atom stereocenters. The number of nitrogens with zero attached hydrogens (tertiary/aromatic N) is 3. The normalized spacial score (nSPS) is 18.7. The summed E-state index contributed by atoms with van der Waals surface area (Å²) in [4.78, 5) is 23.1. The quantitative estimate of drug-likeness (QED) is 0.762. The highest BCUT2D eigenvalue weighted by atomic mass is 32.2. The lowest BCUT2D eigenvalue weighted by atomic mass is 10.0. The van der Waals surface area contributed by atoms with Crippen molar-refractivity contribution in [2.75, 3.05) is 42.8 Å². The lowest BCUT2D eigenvalue weighted by Crippen LogP contribution is -2.36. The van der Waals surface area contributed by atoms with Crippen LogP contribution in [0.4, 0.5) is 11.4 Å². The highest BCUT2D eigenvalue weighted by Crippen LogP contribution is 2.41. The number of amides is 1. The Hall–Kier alpha value is -2.52. The van der Waals surface area contributed by atoms with E-state index in [0.29, 0.717) is 18.9 Å². The number of nitrogens with one attached hydrogen (secondary N) is 1. The van der Waals surface area contributed by atoms with Crippen LogP contribution >= 0.6 is 0 Å². The molecule has 1 fully saturated rings. The number of fused-ring (bicyclic) bond motifs is 1. The topological polar surface area (TPSA) is 93.7 Å². The second kappa shape index (κ2) is 7.72. The summed E-state index contributed by atoms with van der Waals surface area (Å²) in [5.41, 5.74) is 2.55. The van der Waals surface area contributed by atoms with Gasteiger partial charge in [-0.15, -0.1) is 0 Å². The first-order chi connectivity index (χ1) is 13.8. The van der Waals surface area contributed by atoms with Crippen LogP contribution in [0, 0.1) is 0 Å². The van der Waals surface area contributed by atoms with E-state index in [1.54, 1.807) is 0 Å². The van der Waals surface area contributed by atoms with Gasteiger partial charge in [-0.25, -0.2) is 9.97 Å². The predicted octanol–water partition coefficient (Wildman–Crippen LogP) is 2.02. The Morgan fingerprint density at radius 3 is 2.76 bits per heavy atom. The molecule has 2 aliphatic heterocycles. The monoisotopic (exact) mass is 416 g/mol. The molecule has 29 heavy (non-hydrogen) atoms. The van der Waals surface area contributed by atoms with Crippen LogP contribution < -0.4 is 15.0 Å². The van der Waals surface area contributed by atoms with Gasteiger partial charge < -0.3 is 19.7 Å². The molecule has 2 aliphatic rings. The number of anilines is 2. The fourth-order valence-corrected chi connectivity index (χ4v) is 4.03. The summed E-state index contributed by atoms with van der Waals surface area (Å²) in [6, 6.07) is 5.49. The van der Waals surface area contributed by atoms with Crippen molar-refractivity contribution in [2.24, 2.45) is 0 Å². The third-order valence-electron chi connectivity index (χ3n) is 4.90. The molecule has 1 amide bonds. The second-order valence-electron chi connectivity index (χ2n) is 7.75. The number of aromatic nitrogens is 2. The van der Waals surface area contributed by atoms with E-state index in [1.165, 1.54) is 18.5 Å². The number of hydrogen-bond donors (Lipinski definition) is 1. The summed E-state index contributed by atoms with van der Waals surface area (Å²) in [6.45, 7) is 6.83. The van der Waals surface area contributed by atoms with Gasteiger partial charge in [0.25, 0.3) is 5.91 Å². The minimum Gasteiger partial charge on any atom is -0.487 e. The number of ether oxygens (including phenoxy) is 2. The zero-order chi connectivity index (χ0) is 20.6. The van der Waals surface area contributed by atoms with E-state index in [9.17, 15) is 9.00 Å². The molecule has 4 rings (SSSR count). The predicted molar refractivity (Wildman–Crippen MR) is 110 cm³/mol. The zero-order valence-electron chi connectivity index (χ0n) is 16.7. The average Bonchev–Trinajstić information content (AvgIpc) is 3.01. The highest BCUT2D eigenvalue weighted by Gasteiger charge is 2.32. The summed E-state index contributed by atoms with van der Waals surface area (Å²) in [5, 5.41) is 3.12. The molecule has 0 spiro atoms. The van der Waals surface area contributed by atoms with Crippen LogP contribution in [0.5, 0.6) is 5.75 Å². The number of carbonyl (C=O) groups is 1. The Labute approximate surface area is 172 Å². The van der Waals surface area contributed by atoms with Crippen molar-refractivity contribution in [3.63, 3.8) is 0 Å². The van der Waals surface area contributed by atoms with Gasteiger partial charge in [-0.2, -0.15) is 0 Å². The van der Waals surface area contributed by atoms with Crippen molar-refractivity contribution in [2.45, 2.75) is 31.0 Å². The van der Waals surface area contributed by atoms with Gasteiger partial charge in [0.1, 0.15) is 17.0 Å². The van der Waals surface area contributed by atoms with Crippen LogP contribution in [0.25, 0.3) is 0 Å². The molecule has 3 heterocycles. The molecule has 0 bridgehead atoms. The van der Waals surface area contributed by atoms with Crippen molar-refractivity contribution in [3.05, 3.63) is 35.7 Å². The van der Waals surface area contributed by atoms with Crippen molar-refractivity contribution >= 4 is 28.1 Å². The van der Waals surface area contributed by atoms with Gasteiger partial charge in [0.05, 0.1) is 35.4 Å². The standard InChI is InChI=1S/C20H24N4O4S/c1-20(2)12-13-10-15(16(11-17(13)28-20)24-6-8-27-9-7-24)22-18(25)14-4-5-21-19(23-14)29(3)26/h4-5,10-11H,6-9,12H2,1-3H3,(H,22,25). The van der Waals surface area contributed by atoms with Gasteiger partial charge in [-0.3, -0.25) is 9.00 Å². The molecular weight excluding hydrogens is 392 g/mol. The third kappa shape index (κ3) is 4.25. The molecule has 1 saturated heterocycles. The Balaban J connectivity index is 1.67. The average molecular weight is 417 g/mol. The van der Waals surface area contributed by atoms with Crippen LogP contribution in [0.1, 0.15) is 29.9 Å². The summed E-state index contributed by atoms with van der Waals surface area (Å²) >= 11 is 0. The van der Waals surface area contributed by atoms with E-state index in [0.717, 1.165) is 36.5 Å². The molecule has 0 saturated carbocycles. The van der Waals surface area contributed by atoms with Crippen molar-refractivity contribution in [3.8, 4) is 5.75 Å².